The van der Waals surface area contributed by atoms with Gasteiger partial charge in [-0.15, -0.1) is 0 Å². The molecular weight excluding hydrogens is 250 g/mol. The van der Waals surface area contributed by atoms with Crippen LogP contribution in [0.4, 0.5) is 0 Å². The molecule has 1 aromatic rings. The second-order valence-corrected chi connectivity index (χ2v) is 5.37. The number of carbonyl (C=O) groups is 1. The molecule has 0 aliphatic heterocycles. The van der Waals surface area contributed by atoms with E-state index in [0.717, 1.165) is 30.8 Å². The van der Waals surface area contributed by atoms with Crippen LogP contribution in [-0.4, -0.2) is 36.9 Å². The van der Waals surface area contributed by atoms with Crippen LogP contribution in [0, 0.1) is 5.92 Å². The maximum absolute atomic E-state index is 12.5. The molecule has 3 heteroatoms. The number of hydrogen-bond acceptors (Lipinski definition) is 3. The Kier molecular flexibility index (Phi) is 6.73. The fourth-order valence-electron chi connectivity index (χ4n) is 2.25. The van der Waals surface area contributed by atoms with Crippen LogP contribution in [0.3, 0.4) is 0 Å². The van der Waals surface area contributed by atoms with E-state index in [4.69, 9.17) is 4.74 Å². The summed E-state index contributed by atoms with van der Waals surface area (Å²) >= 11 is 0. The summed E-state index contributed by atoms with van der Waals surface area (Å²) in [6, 6.07) is 7.28. The van der Waals surface area contributed by atoms with Crippen molar-refractivity contribution in [1.82, 2.24) is 4.90 Å². The number of rotatable bonds is 8. The molecule has 2 atom stereocenters. The Morgan fingerprint density at radius 1 is 1.20 bits per heavy atom. The van der Waals surface area contributed by atoms with Gasteiger partial charge in [-0.05, 0) is 43.7 Å². The standard InChI is InChI=1S/C17H27NO2/c1-6-13(3)12-18(7-2)14(4)17(19)15-8-10-16(20-5)11-9-15/h8-11,13-14H,6-7,12H2,1-5H3. The van der Waals surface area contributed by atoms with Gasteiger partial charge in [0.25, 0.3) is 0 Å². The lowest BCUT2D eigenvalue weighted by Crippen LogP contribution is -2.41. The maximum Gasteiger partial charge on any atom is 0.179 e. The number of likely N-dealkylation sites (N-methyl/N-ethyl adjacent to an activating group) is 1. The van der Waals surface area contributed by atoms with E-state index in [1.165, 1.54) is 0 Å². The highest BCUT2D eigenvalue weighted by atomic mass is 16.5. The molecule has 0 radical (unpaired) electrons. The van der Waals surface area contributed by atoms with E-state index >= 15 is 0 Å². The number of nitrogens with zero attached hydrogens (tertiary/aromatic N) is 1. The largest absolute Gasteiger partial charge is 0.497 e. The van der Waals surface area contributed by atoms with E-state index in [9.17, 15) is 4.79 Å². The molecule has 0 heterocycles. The van der Waals surface area contributed by atoms with Crippen LogP contribution in [0.2, 0.25) is 0 Å². The highest BCUT2D eigenvalue weighted by Crippen LogP contribution is 2.16. The average Bonchev–Trinajstić information content (AvgIpc) is 2.50. The fourth-order valence-corrected chi connectivity index (χ4v) is 2.25. The molecule has 0 saturated heterocycles. The molecule has 0 saturated carbocycles. The van der Waals surface area contributed by atoms with Gasteiger partial charge in [0.15, 0.2) is 5.78 Å². The smallest absolute Gasteiger partial charge is 0.179 e. The maximum atomic E-state index is 12.5. The third kappa shape index (κ3) is 4.34. The lowest BCUT2D eigenvalue weighted by Gasteiger charge is -2.29. The molecule has 2 unspecified atom stereocenters. The quantitative estimate of drug-likeness (QED) is 0.679. The van der Waals surface area contributed by atoms with E-state index in [0.29, 0.717) is 5.92 Å². The number of methoxy groups -OCH3 is 1. The van der Waals surface area contributed by atoms with Crippen LogP contribution in [0.15, 0.2) is 24.3 Å². The molecule has 0 amide bonds. The Hall–Kier alpha value is -1.35. The second kappa shape index (κ2) is 8.05. The van der Waals surface area contributed by atoms with Gasteiger partial charge >= 0.3 is 0 Å². The zero-order valence-corrected chi connectivity index (χ0v) is 13.3. The Bertz CT molecular complexity index is 414. The first-order valence-electron chi connectivity index (χ1n) is 7.45. The molecule has 0 aliphatic carbocycles. The number of ether oxygens (including phenoxy) is 1. The predicted molar refractivity (Wildman–Crippen MR) is 83.5 cm³/mol. The molecule has 0 fully saturated rings. The SMILES string of the molecule is CCC(C)CN(CC)C(C)C(=O)c1ccc(OC)cc1. The summed E-state index contributed by atoms with van der Waals surface area (Å²) < 4.78 is 5.12. The van der Waals surface area contributed by atoms with Crippen LogP contribution >= 0.6 is 0 Å². The summed E-state index contributed by atoms with van der Waals surface area (Å²) in [6.07, 6.45) is 1.14. The monoisotopic (exact) mass is 277 g/mol. The molecule has 20 heavy (non-hydrogen) atoms. The van der Waals surface area contributed by atoms with Crippen LogP contribution in [0.5, 0.6) is 5.75 Å². The number of benzene rings is 1. The zero-order chi connectivity index (χ0) is 15.1. The number of ketones is 1. The zero-order valence-electron chi connectivity index (χ0n) is 13.3. The van der Waals surface area contributed by atoms with Crippen molar-refractivity contribution in [3.8, 4) is 5.75 Å². The number of carbonyl (C=O) groups excluding carboxylic acids is 1. The minimum atomic E-state index is -0.0811. The van der Waals surface area contributed by atoms with Gasteiger partial charge in [-0.25, -0.2) is 0 Å². The van der Waals surface area contributed by atoms with Gasteiger partial charge in [-0.3, -0.25) is 9.69 Å². The van der Waals surface area contributed by atoms with E-state index in [1.54, 1.807) is 7.11 Å². The Balaban J connectivity index is 2.77. The van der Waals surface area contributed by atoms with Gasteiger partial charge in [-0.2, -0.15) is 0 Å². The molecule has 0 aromatic heterocycles. The summed E-state index contributed by atoms with van der Waals surface area (Å²) in [4.78, 5) is 14.8. The van der Waals surface area contributed by atoms with Crippen LogP contribution in [0.25, 0.3) is 0 Å². The first-order chi connectivity index (χ1) is 9.53. The molecule has 0 bridgehead atoms. The molecule has 0 aliphatic rings. The molecular formula is C17H27NO2. The summed E-state index contributed by atoms with van der Waals surface area (Å²) in [6.45, 7) is 10.4. The van der Waals surface area contributed by atoms with Crippen LogP contribution < -0.4 is 4.74 Å². The molecule has 0 N–H and O–H groups in total. The van der Waals surface area contributed by atoms with E-state index < -0.39 is 0 Å². The van der Waals surface area contributed by atoms with Crippen LogP contribution in [-0.2, 0) is 0 Å². The lowest BCUT2D eigenvalue weighted by atomic mass is 10.0. The normalized spacial score (nSPS) is 14.1. The molecule has 0 spiro atoms. The Morgan fingerprint density at radius 3 is 2.25 bits per heavy atom. The topological polar surface area (TPSA) is 29.5 Å². The fraction of sp³-hybridized carbons (Fsp3) is 0.588. The first-order valence-corrected chi connectivity index (χ1v) is 7.45. The van der Waals surface area contributed by atoms with Crippen molar-refractivity contribution in [2.24, 2.45) is 5.92 Å². The van der Waals surface area contributed by atoms with Gasteiger partial charge in [0.05, 0.1) is 13.2 Å². The molecule has 1 rings (SSSR count). The summed E-state index contributed by atoms with van der Waals surface area (Å²) in [5.41, 5.74) is 0.751. The highest BCUT2D eigenvalue weighted by molar-refractivity contribution is 5.99. The Morgan fingerprint density at radius 2 is 1.80 bits per heavy atom. The third-order valence-electron chi connectivity index (χ3n) is 3.95. The minimum absolute atomic E-state index is 0.0811. The molecule has 3 nitrogen and oxygen atoms in total. The molecule has 1 aromatic carbocycles. The van der Waals surface area contributed by atoms with Crippen molar-refractivity contribution in [3.05, 3.63) is 29.8 Å². The van der Waals surface area contributed by atoms with Crippen molar-refractivity contribution >= 4 is 5.78 Å². The summed E-state index contributed by atoms with van der Waals surface area (Å²) in [5, 5.41) is 0. The van der Waals surface area contributed by atoms with Gasteiger partial charge in [0.2, 0.25) is 0 Å². The molecule has 112 valence electrons. The van der Waals surface area contributed by atoms with Gasteiger partial charge in [0, 0.05) is 12.1 Å². The summed E-state index contributed by atoms with van der Waals surface area (Å²) in [7, 11) is 1.63. The van der Waals surface area contributed by atoms with Gasteiger partial charge in [0.1, 0.15) is 5.75 Å². The second-order valence-electron chi connectivity index (χ2n) is 5.37. The van der Waals surface area contributed by atoms with Crippen molar-refractivity contribution in [2.75, 3.05) is 20.2 Å². The first kappa shape index (κ1) is 16.7. The van der Waals surface area contributed by atoms with E-state index in [1.807, 2.05) is 31.2 Å². The summed E-state index contributed by atoms with van der Waals surface area (Å²) in [5.74, 6) is 1.57. The van der Waals surface area contributed by atoms with Crippen molar-refractivity contribution in [3.63, 3.8) is 0 Å². The van der Waals surface area contributed by atoms with Crippen molar-refractivity contribution in [1.29, 1.82) is 0 Å². The number of Topliss-reactive ketones (excluding diaryl/α,β-unsaturated/α-hetero) is 1. The average molecular weight is 277 g/mol. The van der Waals surface area contributed by atoms with E-state index in [-0.39, 0.29) is 11.8 Å². The highest BCUT2D eigenvalue weighted by Gasteiger charge is 2.22. The predicted octanol–water partition coefficient (Wildman–Crippen LogP) is 3.63. The van der Waals surface area contributed by atoms with Gasteiger partial charge < -0.3 is 4.74 Å². The lowest BCUT2D eigenvalue weighted by molar-refractivity contribution is 0.0825. The van der Waals surface area contributed by atoms with Crippen LogP contribution in [0.1, 0.15) is 44.5 Å². The Labute approximate surface area is 122 Å². The van der Waals surface area contributed by atoms with E-state index in [2.05, 4.69) is 25.7 Å². The van der Waals surface area contributed by atoms with Crippen molar-refractivity contribution in [2.45, 2.75) is 40.2 Å². The third-order valence-corrected chi connectivity index (χ3v) is 3.95. The number of hydrogen-bond donors (Lipinski definition) is 0. The van der Waals surface area contributed by atoms with Gasteiger partial charge in [-0.1, -0.05) is 27.2 Å². The van der Waals surface area contributed by atoms with Crippen molar-refractivity contribution < 1.29 is 9.53 Å². The minimum Gasteiger partial charge on any atom is -0.497 e.